The minimum Gasteiger partial charge on any atom is -0.379 e. The minimum atomic E-state index is -0.213. The summed E-state index contributed by atoms with van der Waals surface area (Å²) < 4.78 is 5.24. The predicted molar refractivity (Wildman–Crippen MR) is 89.6 cm³/mol. The van der Waals surface area contributed by atoms with Crippen molar-refractivity contribution < 1.29 is 14.3 Å². The highest BCUT2D eigenvalue weighted by Crippen LogP contribution is 2.21. The van der Waals surface area contributed by atoms with Crippen molar-refractivity contribution in [1.82, 2.24) is 10.2 Å². The number of hydrogen-bond donors (Lipinski definition) is 2. The number of amides is 2. The van der Waals surface area contributed by atoms with Crippen molar-refractivity contribution in [3.63, 3.8) is 0 Å². The molecule has 2 rings (SSSR count). The Morgan fingerprint density at radius 3 is 2.30 bits per heavy atom. The van der Waals surface area contributed by atoms with Gasteiger partial charge in [0.2, 0.25) is 11.8 Å². The third-order valence-electron chi connectivity index (χ3n) is 3.86. The first-order chi connectivity index (χ1) is 11.0. The van der Waals surface area contributed by atoms with Crippen LogP contribution in [0.25, 0.3) is 0 Å². The molecule has 0 atom stereocenters. The van der Waals surface area contributed by atoms with Gasteiger partial charge in [0, 0.05) is 18.8 Å². The number of nitrogens with zero attached hydrogens (tertiary/aromatic N) is 1. The van der Waals surface area contributed by atoms with Crippen molar-refractivity contribution in [3.8, 4) is 0 Å². The molecule has 0 spiro atoms. The van der Waals surface area contributed by atoms with Crippen molar-refractivity contribution in [1.29, 1.82) is 0 Å². The maximum Gasteiger partial charge on any atom is 0.243 e. The SMILES string of the molecule is Cc1cc(C)c(NC(=O)CNC(=O)CN2CCOCC2)c(C)c1. The quantitative estimate of drug-likeness (QED) is 0.849. The van der Waals surface area contributed by atoms with E-state index in [1.165, 1.54) is 0 Å². The Bertz CT molecular complexity index is 557. The van der Waals surface area contributed by atoms with Crippen molar-refractivity contribution in [2.45, 2.75) is 20.8 Å². The summed E-state index contributed by atoms with van der Waals surface area (Å²) in [5.41, 5.74) is 4.03. The molecule has 1 heterocycles. The summed E-state index contributed by atoms with van der Waals surface area (Å²) >= 11 is 0. The highest BCUT2D eigenvalue weighted by atomic mass is 16.5. The Hall–Kier alpha value is -1.92. The molecule has 0 aromatic heterocycles. The van der Waals surface area contributed by atoms with E-state index in [2.05, 4.69) is 10.6 Å². The van der Waals surface area contributed by atoms with Crippen LogP contribution in [0.4, 0.5) is 5.69 Å². The summed E-state index contributed by atoms with van der Waals surface area (Å²) in [6, 6.07) is 4.05. The predicted octanol–water partition coefficient (Wildman–Crippen LogP) is 0.999. The highest BCUT2D eigenvalue weighted by Gasteiger charge is 2.15. The second-order valence-electron chi connectivity index (χ2n) is 5.99. The van der Waals surface area contributed by atoms with E-state index in [0.29, 0.717) is 19.8 Å². The number of nitrogens with one attached hydrogen (secondary N) is 2. The van der Waals surface area contributed by atoms with Gasteiger partial charge in [-0.1, -0.05) is 17.7 Å². The molecule has 0 bridgehead atoms. The lowest BCUT2D eigenvalue weighted by Crippen LogP contribution is -2.44. The number of rotatable bonds is 5. The van der Waals surface area contributed by atoms with E-state index in [-0.39, 0.29) is 18.4 Å². The molecule has 0 radical (unpaired) electrons. The molecular weight excluding hydrogens is 294 g/mol. The van der Waals surface area contributed by atoms with Gasteiger partial charge >= 0.3 is 0 Å². The number of morpholine rings is 1. The molecule has 0 aliphatic carbocycles. The van der Waals surface area contributed by atoms with Gasteiger partial charge in [-0.05, 0) is 31.9 Å². The average molecular weight is 319 g/mol. The van der Waals surface area contributed by atoms with Gasteiger partial charge in [-0.25, -0.2) is 0 Å². The first kappa shape index (κ1) is 17.4. The van der Waals surface area contributed by atoms with Crippen LogP contribution < -0.4 is 10.6 Å². The summed E-state index contributed by atoms with van der Waals surface area (Å²) in [6.45, 7) is 9.05. The van der Waals surface area contributed by atoms with E-state index < -0.39 is 0 Å². The molecule has 126 valence electrons. The molecule has 2 amide bonds. The monoisotopic (exact) mass is 319 g/mol. The molecule has 1 saturated heterocycles. The fourth-order valence-corrected chi connectivity index (χ4v) is 2.76. The molecule has 2 N–H and O–H groups in total. The number of benzene rings is 1. The first-order valence-electron chi connectivity index (χ1n) is 7.90. The zero-order valence-electron chi connectivity index (χ0n) is 14.1. The third-order valence-corrected chi connectivity index (χ3v) is 3.86. The van der Waals surface area contributed by atoms with E-state index in [9.17, 15) is 9.59 Å². The van der Waals surface area contributed by atoms with Gasteiger partial charge in [0.15, 0.2) is 0 Å². The lowest BCUT2D eigenvalue weighted by molar-refractivity contribution is -0.125. The summed E-state index contributed by atoms with van der Waals surface area (Å²) in [7, 11) is 0. The Kier molecular flexibility index (Phi) is 6.12. The van der Waals surface area contributed by atoms with Crippen LogP contribution in [0.1, 0.15) is 16.7 Å². The second-order valence-corrected chi connectivity index (χ2v) is 5.99. The minimum absolute atomic E-state index is 0.0179. The Labute approximate surface area is 137 Å². The molecule has 23 heavy (non-hydrogen) atoms. The van der Waals surface area contributed by atoms with Crippen molar-refractivity contribution in [3.05, 3.63) is 28.8 Å². The molecule has 6 heteroatoms. The molecule has 0 unspecified atom stereocenters. The molecule has 1 fully saturated rings. The van der Waals surface area contributed by atoms with E-state index in [1.54, 1.807) is 0 Å². The zero-order valence-corrected chi connectivity index (χ0v) is 14.1. The van der Waals surface area contributed by atoms with Crippen LogP contribution in [0, 0.1) is 20.8 Å². The topological polar surface area (TPSA) is 70.7 Å². The normalized spacial score (nSPS) is 15.3. The van der Waals surface area contributed by atoms with Gasteiger partial charge < -0.3 is 15.4 Å². The van der Waals surface area contributed by atoms with E-state index in [0.717, 1.165) is 35.5 Å². The molecule has 6 nitrogen and oxygen atoms in total. The molecule has 0 saturated carbocycles. The van der Waals surface area contributed by atoms with Gasteiger partial charge in [-0.2, -0.15) is 0 Å². The maximum absolute atomic E-state index is 12.0. The van der Waals surface area contributed by atoms with Gasteiger partial charge in [0.1, 0.15) is 0 Å². The lowest BCUT2D eigenvalue weighted by atomic mass is 10.1. The van der Waals surface area contributed by atoms with Gasteiger partial charge in [0.25, 0.3) is 0 Å². The van der Waals surface area contributed by atoms with Crippen molar-refractivity contribution in [2.24, 2.45) is 0 Å². The fourth-order valence-electron chi connectivity index (χ4n) is 2.76. The Morgan fingerprint density at radius 1 is 1.09 bits per heavy atom. The van der Waals surface area contributed by atoms with E-state index in [1.807, 2.05) is 37.8 Å². The van der Waals surface area contributed by atoms with E-state index >= 15 is 0 Å². The molecule has 1 aliphatic rings. The Morgan fingerprint density at radius 2 is 1.70 bits per heavy atom. The van der Waals surface area contributed by atoms with Crippen LogP contribution in [0.3, 0.4) is 0 Å². The van der Waals surface area contributed by atoms with Crippen molar-refractivity contribution >= 4 is 17.5 Å². The number of carbonyl (C=O) groups excluding carboxylic acids is 2. The summed E-state index contributed by atoms with van der Waals surface area (Å²) in [6.07, 6.45) is 0. The van der Waals surface area contributed by atoms with Crippen LogP contribution in [0.15, 0.2) is 12.1 Å². The maximum atomic E-state index is 12.0. The van der Waals surface area contributed by atoms with Gasteiger partial charge in [-0.15, -0.1) is 0 Å². The van der Waals surface area contributed by atoms with E-state index in [4.69, 9.17) is 4.74 Å². The molecule has 1 aromatic carbocycles. The summed E-state index contributed by atoms with van der Waals surface area (Å²) in [4.78, 5) is 25.9. The number of anilines is 1. The standard InChI is InChI=1S/C17H25N3O3/c1-12-8-13(2)17(14(3)9-12)19-15(21)10-18-16(22)11-20-4-6-23-7-5-20/h8-9H,4-7,10-11H2,1-3H3,(H,18,22)(H,19,21). The molecule has 1 aromatic rings. The second kappa shape index (κ2) is 8.08. The number of aryl methyl sites for hydroxylation is 3. The van der Waals surface area contributed by atoms with Crippen molar-refractivity contribution in [2.75, 3.05) is 44.7 Å². The molecular formula is C17H25N3O3. The van der Waals surface area contributed by atoms with Crippen LogP contribution in [0.5, 0.6) is 0 Å². The summed E-state index contributed by atoms with van der Waals surface area (Å²) in [5, 5.41) is 5.54. The third kappa shape index (κ3) is 5.33. The summed E-state index contributed by atoms with van der Waals surface area (Å²) in [5.74, 6) is -0.352. The molecule has 1 aliphatic heterocycles. The van der Waals surface area contributed by atoms with Crippen LogP contribution in [-0.2, 0) is 14.3 Å². The fraction of sp³-hybridized carbons (Fsp3) is 0.529. The first-order valence-corrected chi connectivity index (χ1v) is 7.90. The smallest absolute Gasteiger partial charge is 0.243 e. The van der Waals surface area contributed by atoms with Gasteiger partial charge in [0.05, 0.1) is 26.3 Å². The van der Waals surface area contributed by atoms with Gasteiger partial charge in [-0.3, -0.25) is 14.5 Å². The van der Waals surface area contributed by atoms with Crippen LogP contribution in [0.2, 0.25) is 0 Å². The number of ether oxygens (including phenoxy) is 1. The largest absolute Gasteiger partial charge is 0.379 e. The van der Waals surface area contributed by atoms with Crippen LogP contribution in [-0.4, -0.2) is 56.1 Å². The highest BCUT2D eigenvalue weighted by molar-refractivity contribution is 5.96. The zero-order chi connectivity index (χ0) is 16.8. The lowest BCUT2D eigenvalue weighted by Gasteiger charge is -2.25. The number of carbonyl (C=O) groups is 2. The Balaban J connectivity index is 1.80. The average Bonchev–Trinajstić information content (AvgIpc) is 2.50. The number of hydrogen-bond acceptors (Lipinski definition) is 4. The van der Waals surface area contributed by atoms with Crippen LogP contribution >= 0.6 is 0 Å².